The van der Waals surface area contributed by atoms with E-state index in [9.17, 15) is 18.3 Å². The van der Waals surface area contributed by atoms with Gasteiger partial charge < -0.3 is 15.3 Å². The van der Waals surface area contributed by atoms with Crippen molar-refractivity contribution in [1.82, 2.24) is 14.5 Å². The van der Waals surface area contributed by atoms with E-state index in [-0.39, 0.29) is 41.7 Å². The minimum atomic E-state index is -3.74. The number of carbonyl (C=O) groups is 1. The Kier molecular flexibility index (Phi) is 5.82. The summed E-state index contributed by atoms with van der Waals surface area (Å²) in [5, 5.41) is 14.9. The van der Waals surface area contributed by atoms with Gasteiger partial charge in [-0.1, -0.05) is 35.9 Å². The van der Waals surface area contributed by atoms with Gasteiger partial charge in [0.05, 0.1) is 11.0 Å². The van der Waals surface area contributed by atoms with Crippen LogP contribution in [0.3, 0.4) is 0 Å². The lowest BCUT2D eigenvalue weighted by atomic mass is 10.0. The quantitative estimate of drug-likeness (QED) is 0.709. The topological polar surface area (TPSA) is 90.0 Å². The van der Waals surface area contributed by atoms with Gasteiger partial charge in [-0.15, -0.1) is 0 Å². The zero-order valence-corrected chi connectivity index (χ0v) is 19.4. The lowest BCUT2D eigenvalue weighted by molar-refractivity contribution is 0.0528. The molecule has 0 radical (unpaired) electrons. The summed E-state index contributed by atoms with van der Waals surface area (Å²) in [5.74, 6) is 0. The van der Waals surface area contributed by atoms with Crippen LogP contribution < -0.4 is 5.32 Å². The van der Waals surface area contributed by atoms with Crippen LogP contribution >= 0.6 is 11.6 Å². The summed E-state index contributed by atoms with van der Waals surface area (Å²) in [4.78, 5) is 15.1. The van der Waals surface area contributed by atoms with Crippen LogP contribution in [0.25, 0.3) is 10.8 Å². The molecule has 3 heterocycles. The number of aliphatic hydroxyl groups excluding tert-OH is 1. The molecule has 3 fully saturated rings. The van der Waals surface area contributed by atoms with E-state index in [0.29, 0.717) is 41.6 Å². The highest BCUT2D eigenvalue weighted by Crippen LogP contribution is 2.36. The summed E-state index contributed by atoms with van der Waals surface area (Å²) < 4.78 is 28.5. The molecule has 1 unspecified atom stereocenters. The van der Waals surface area contributed by atoms with Crippen LogP contribution in [-0.4, -0.2) is 66.1 Å². The zero-order chi connectivity index (χ0) is 22.5. The lowest BCUT2D eigenvalue weighted by Crippen LogP contribution is -2.57. The zero-order valence-electron chi connectivity index (χ0n) is 17.8. The Hall–Kier alpha value is -1.87. The number of carbonyl (C=O) groups excluding carboxylic acids is 1. The van der Waals surface area contributed by atoms with E-state index in [1.807, 2.05) is 17.0 Å². The maximum absolute atomic E-state index is 13.5. The molecule has 3 saturated heterocycles. The van der Waals surface area contributed by atoms with Crippen LogP contribution in [0.4, 0.5) is 4.79 Å². The summed E-state index contributed by atoms with van der Waals surface area (Å²) >= 11 is 6.28. The molecule has 0 spiro atoms. The molecule has 0 aliphatic carbocycles. The maximum Gasteiger partial charge on any atom is 0.318 e. The van der Waals surface area contributed by atoms with Crippen molar-refractivity contribution >= 4 is 38.4 Å². The number of benzene rings is 2. The number of piperidine rings is 2. The van der Waals surface area contributed by atoms with Crippen molar-refractivity contribution in [3.63, 3.8) is 0 Å². The number of nitrogens with one attached hydrogen (secondary N) is 1. The van der Waals surface area contributed by atoms with E-state index in [0.717, 1.165) is 19.3 Å². The van der Waals surface area contributed by atoms with Gasteiger partial charge in [0.15, 0.2) is 0 Å². The minimum Gasteiger partial charge on any atom is -0.393 e. The number of urea groups is 1. The van der Waals surface area contributed by atoms with Crippen LogP contribution in [-0.2, 0) is 10.0 Å². The Balaban J connectivity index is 1.33. The highest BCUT2D eigenvalue weighted by molar-refractivity contribution is 7.89. The Labute approximate surface area is 193 Å². The average molecular weight is 478 g/mol. The first-order chi connectivity index (χ1) is 15.3. The van der Waals surface area contributed by atoms with Crippen molar-refractivity contribution < 1.29 is 18.3 Å². The molecular formula is C23H28ClN3O4S. The number of nitrogens with zero attached hydrogens (tertiary/aromatic N) is 2. The molecule has 2 aromatic rings. The van der Waals surface area contributed by atoms with Gasteiger partial charge in [0.1, 0.15) is 0 Å². The lowest BCUT2D eigenvalue weighted by Gasteiger charge is -2.39. The third-order valence-corrected chi connectivity index (χ3v) is 9.36. The van der Waals surface area contributed by atoms with Crippen molar-refractivity contribution in [2.75, 3.05) is 13.1 Å². The highest BCUT2D eigenvalue weighted by Gasteiger charge is 2.43. The minimum absolute atomic E-state index is 0.0765. The molecule has 172 valence electrons. The average Bonchev–Trinajstić information content (AvgIpc) is 3.05. The Morgan fingerprint density at radius 2 is 1.72 bits per heavy atom. The van der Waals surface area contributed by atoms with Crippen molar-refractivity contribution in [2.24, 2.45) is 0 Å². The second-order valence-corrected chi connectivity index (χ2v) is 11.5. The van der Waals surface area contributed by atoms with Gasteiger partial charge in [-0.05, 0) is 50.7 Å². The summed E-state index contributed by atoms with van der Waals surface area (Å²) in [7, 11) is -3.74. The highest BCUT2D eigenvalue weighted by atomic mass is 35.5. The van der Waals surface area contributed by atoms with Gasteiger partial charge in [0.25, 0.3) is 0 Å². The van der Waals surface area contributed by atoms with Crippen molar-refractivity contribution in [2.45, 2.75) is 67.6 Å². The number of sulfonamides is 1. The Bertz CT molecular complexity index is 1130. The molecule has 2 amide bonds. The smallest absolute Gasteiger partial charge is 0.318 e. The number of aliphatic hydroxyl groups is 1. The Morgan fingerprint density at radius 3 is 2.44 bits per heavy atom. The Morgan fingerprint density at radius 1 is 1.03 bits per heavy atom. The molecule has 9 heteroatoms. The fourth-order valence-corrected chi connectivity index (χ4v) is 7.55. The molecule has 3 aliphatic heterocycles. The monoisotopic (exact) mass is 477 g/mol. The van der Waals surface area contributed by atoms with Gasteiger partial charge in [0.2, 0.25) is 10.0 Å². The first-order valence-corrected chi connectivity index (χ1v) is 13.1. The SMILES string of the molecule is O=C(N[C@H]1CCCN(S(=O)(=O)c2ccc(Cl)c3ccccc23)C1)N1[C@@H]2CC[C@H]1CC(O)C2. The number of fused-ring (bicyclic) bond motifs is 3. The van der Waals surface area contributed by atoms with E-state index >= 15 is 0 Å². The molecule has 2 aromatic carbocycles. The first-order valence-electron chi connectivity index (χ1n) is 11.3. The number of amides is 2. The fourth-order valence-electron chi connectivity index (χ4n) is 5.61. The van der Waals surface area contributed by atoms with Gasteiger partial charge >= 0.3 is 6.03 Å². The van der Waals surface area contributed by atoms with Gasteiger partial charge in [-0.3, -0.25) is 0 Å². The number of halogens is 1. The number of hydrogen-bond donors (Lipinski definition) is 2. The van der Waals surface area contributed by atoms with Gasteiger partial charge in [0, 0.05) is 47.0 Å². The second-order valence-electron chi connectivity index (χ2n) is 9.16. The van der Waals surface area contributed by atoms with E-state index in [1.165, 1.54) is 4.31 Å². The molecule has 5 rings (SSSR count). The summed E-state index contributed by atoms with van der Waals surface area (Å²) in [5.41, 5.74) is 0. The van der Waals surface area contributed by atoms with Gasteiger partial charge in [-0.2, -0.15) is 4.31 Å². The third kappa shape index (κ3) is 3.87. The number of rotatable bonds is 3. The van der Waals surface area contributed by atoms with Gasteiger partial charge in [-0.25, -0.2) is 13.2 Å². The van der Waals surface area contributed by atoms with Crippen LogP contribution in [0.1, 0.15) is 38.5 Å². The molecule has 2 bridgehead atoms. The molecular weight excluding hydrogens is 450 g/mol. The molecule has 2 N–H and O–H groups in total. The fraction of sp³-hybridized carbons (Fsp3) is 0.522. The maximum atomic E-state index is 13.5. The first kappa shape index (κ1) is 21.9. The molecule has 4 atom stereocenters. The standard InChI is InChI=1S/C23H28ClN3O4S/c24-21-9-10-22(20-6-2-1-5-19(20)21)32(30,31)26-11-3-4-15(14-26)25-23(29)27-16-7-8-17(27)13-18(28)12-16/h1-2,5-6,9-10,15-18,28H,3-4,7-8,11-14H2,(H,25,29)/t15-,16-,17+,18?/m0/s1. The number of hydrogen-bond acceptors (Lipinski definition) is 4. The van der Waals surface area contributed by atoms with Crippen LogP contribution in [0.5, 0.6) is 0 Å². The summed E-state index contributed by atoms with van der Waals surface area (Å²) in [6, 6.07) is 10.2. The van der Waals surface area contributed by atoms with Crippen molar-refractivity contribution in [3.05, 3.63) is 41.4 Å². The summed E-state index contributed by atoms with van der Waals surface area (Å²) in [6.45, 7) is 0.670. The molecule has 0 aromatic heterocycles. The third-order valence-electron chi connectivity index (χ3n) is 7.10. The van der Waals surface area contributed by atoms with Crippen LogP contribution in [0.2, 0.25) is 5.02 Å². The molecule has 7 nitrogen and oxygen atoms in total. The predicted molar refractivity (Wildman–Crippen MR) is 123 cm³/mol. The van der Waals surface area contributed by atoms with E-state index in [4.69, 9.17) is 11.6 Å². The molecule has 32 heavy (non-hydrogen) atoms. The van der Waals surface area contributed by atoms with Crippen LogP contribution in [0, 0.1) is 0 Å². The van der Waals surface area contributed by atoms with Crippen LogP contribution in [0.15, 0.2) is 41.3 Å². The summed E-state index contributed by atoms with van der Waals surface area (Å²) in [6.07, 6.45) is 4.18. The van der Waals surface area contributed by atoms with Crippen molar-refractivity contribution in [3.8, 4) is 0 Å². The normalized spacial score (nSPS) is 28.8. The van der Waals surface area contributed by atoms with E-state index < -0.39 is 10.0 Å². The predicted octanol–water partition coefficient (Wildman–Crippen LogP) is 3.34. The van der Waals surface area contributed by atoms with E-state index in [1.54, 1.807) is 24.3 Å². The largest absolute Gasteiger partial charge is 0.393 e. The second kappa shape index (κ2) is 8.48. The molecule has 0 saturated carbocycles. The van der Waals surface area contributed by atoms with Crippen molar-refractivity contribution in [1.29, 1.82) is 0 Å². The van der Waals surface area contributed by atoms with E-state index in [2.05, 4.69) is 5.32 Å². The molecule has 3 aliphatic rings.